The number of pyridine rings is 1. The smallest absolute Gasteiger partial charge is 0.308 e. The van der Waals surface area contributed by atoms with Crippen LogP contribution in [0.15, 0.2) is 29.1 Å². The third-order valence-corrected chi connectivity index (χ3v) is 4.25. The number of hydrogen-bond acceptors (Lipinski definition) is 3. The first-order valence-electron chi connectivity index (χ1n) is 7.21. The Bertz CT molecular complexity index is 861. The molecule has 2 N–H and O–H groups in total. The van der Waals surface area contributed by atoms with Crippen LogP contribution in [0.1, 0.15) is 17.3 Å². The molecular formula is C16H15FN2O4. The van der Waals surface area contributed by atoms with Gasteiger partial charge >= 0.3 is 5.97 Å². The standard InChI is InChI=1S/C16H15FN2O4/c1-8-6-19(7-12(8)16(22)23)15(21)11-5-14(20)18-13-3-2-9(17)4-10(11)13/h2-5,8,12H,6-7H2,1H3,(H,18,20)(H,22,23)/t8-,12-/m1/s1. The third-order valence-electron chi connectivity index (χ3n) is 4.25. The van der Waals surface area contributed by atoms with Gasteiger partial charge in [0.15, 0.2) is 0 Å². The molecule has 0 spiro atoms. The number of fused-ring (bicyclic) bond motifs is 1. The number of aromatic nitrogens is 1. The van der Waals surface area contributed by atoms with Gasteiger partial charge in [-0.1, -0.05) is 6.92 Å². The molecule has 2 atom stereocenters. The summed E-state index contributed by atoms with van der Waals surface area (Å²) in [5, 5.41) is 9.47. The molecule has 2 aromatic rings. The van der Waals surface area contributed by atoms with E-state index in [4.69, 9.17) is 5.11 Å². The molecule has 1 aromatic carbocycles. The fourth-order valence-corrected chi connectivity index (χ4v) is 3.03. The monoisotopic (exact) mass is 318 g/mol. The predicted molar refractivity (Wildman–Crippen MR) is 80.7 cm³/mol. The highest BCUT2D eigenvalue weighted by Crippen LogP contribution is 2.26. The summed E-state index contributed by atoms with van der Waals surface area (Å²) in [6.45, 7) is 2.14. The van der Waals surface area contributed by atoms with E-state index in [-0.39, 0.29) is 18.0 Å². The van der Waals surface area contributed by atoms with Gasteiger partial charge < -0.3 is 15.0 Å². The van der Waals surface area contributed by atoms with Crippen molar-refractivity contribution in [1.82, 2.24) is 9.88 Å². The van der Waals surface area contributed by atoms with Gasteiger partial charge in [-0.2, -0.15) is 0 Å². The molecule has 2 heterocycles. The zero-order valence-electron chi connectivity index (χ0n) is 12.4. The van der Waals surface area contributed by atoms with Crippen molar-refractivity contribution in [3.63, 3.8) is 0 Å². The molecule has 1 saturated heterocycles. The summed E-state index contributed by atoms with van der Waals surface area (Å²) >= 11 is 0. The lowest BCUT2D eigenvalue weighted by Crippen LogP contribution is -2.31. The average Bonchev–Trinajstić information content (AvgIpc) is 2.88. The van der Waals surface area contributed by atoms with Gasteiger partial charge in [-0.15, -0.1) is 0 Å². The first-order valence-corrected chi connectivity index (χ1v) is 7.21. The minimum absolute atomic E-state index is 0.0823. The molecule has 1 aliphatic rings. The summed E-state index contributed by atoms with van der Waals surface area (Å²) in [6, 6.07) is 4.91. The molecule has 6 nitrogen and oxygen atoms in total. The van der Waals surface area contributed by atoms with E-state index >= 15 is 0 Å². The molecule has 120 valence electrons. The Kier molecular flexibility index (Phi) is 3.63. The minimum Gasteiger partial charge on any atom is -0.481 e. The Morgan fingerprint density at radius 1 is 1.30 bits per heavy atom. The quantitative estimate of drug-likeness (QED) is 0.877. The molecule has 1 aromatic heterocycles. The van der Waals surface area contributed by atoms with E-state index in [1.165, 1.54) is 23.1 Å². The highest BCUT2D eigenvalue weighted by atomic mass is 19.1. The maximum absolute atomic E-state index is 13.5. The van der Waals surface area contributed by atoms with E-state index in [0.29, 0.717) is 17.4 Å². The molecule has 0 aliphatic carbocycles. The number of aliphatic carboxylic acids is 1. The molecule has 0 bridgehead atoms. The fourth-order valence-electron chi connectivity index (χ4n) is 3.03. The Morgan fingerprint density at radius 2 is 2.04 bits per heavy atom. The zero-order chi connectivity index (χ0) is 16.7. The topological polar surface area (TPSA) is 90.5 Å². The van der Waals surface area contributed by atoms with E-state index in [9.17, 15) is 18.8 Å². The van der Waals surface area contributed by atoms with Crippen LogP contribution in [0, 0.1) is 17.7 Å². The second-order valence-corrected chi connectivity index (χ2v) is 5.87. The first kappa shape index (κ1) is 15.2. The largest absolute Gasteiger partial charge is 0.481 e. The number of benzene rings is 1. The van der Waals surface area contributed by atoms with Crippen LogP contribution in [0.5, 0.6) is 0 Å². The molecular weight excluding hydrogens is 303 g/mol. The Labute approximate surface area is 130 Å². The lowest BCUT2D eigenvalue weighted by atomic mass is 9.99. The molecule has 3 rings (SSSR count). The number of nitrogens with one attached hydrogen (secondary N) is 1. The van der Waals surface area contributed by atoms with Crippen LogP contribution in [0.4, 0.5) is 4.39 Å². The molecule has 0 saturated carbocycles. The maximum Gasteiger partial charge on any atom is 0.308 e. The lowest BCUT2D eigenvalue weighted by molar-refractivity contribution is -0.142. The molecule has 1 fully saturated rings. The number of aromatic amines is 1. The van der Waals surface area contributed by atoms with Crippen LogP contribution in [-0.2, 0) is 4.79 Å². The van der Waals surface area contributed by atoms with Crippen LogP contribution in [-0.4, -0.2) is 40.0 Å². The molecule has 1 aliphatic heterocycles. The second kappa shape index (κ2) is 5.49. The van der Waals surface area contributed by atoms with Gasteiger partial charge in [0.05, 0.1) is 11.5 Å². The van der Waals surface area contributed by atoms with Crippen molar-refractivity contribution in [2.45, 2.75) is 6.92 Å². The number of carbonyl (C=O) groups is 2. The van der Waals surface area contributed by atoms with Crippen LogP contribution in [0.25, 0.3) is 10.9 Å². The highest BCUT2D eigenvalue weighted by molar-refractivity contribution is 6.06. The van der Waals surface area contributed by atoms with Crippen LogP contribution >= 0.6 is 0 Å². The second-order valence-electron chi connectivity index (χ2n) is 5.87. The SMILES string of the molecule is C[C@@H]1CN(C(=O)c2cc(=O)[nH]c3ccc(F)cc23)C[C@H]1C(=O)O. The van der Waals surface area contributed by atoms with Crippen LogP contribution in [0.3, 0.4) is 0 Å². The minimum atomic E-state index is -0.949. The number of carboxylic acids is 1. The van der Waals surface area contributed by atoms with Gasteiger partial charge in [-0.05, 0) is 24.1 Å². The maximum atomic E-state index is 13.5. The summed E-state index contributed by atoms with van der Waals surface area (Å²) in [6.07, 6.45) is 0. The molecule has 7 heteroatoms. The van der Waals surface area contributed by atoms with Gasteiger partial charge in [0.25, 0.3) is 5.91 Å². The average molecular weight is 318 g/mol. The summed E-state index contributed by atoms with van der Waals surface area (Å²) < 4.78 is 13.5. The van der Waals surface area contributed by atoms with E-state index in [1.54, 1.807) is 6.92 Å². The van der Waals surface area contributed by atoms with Crippen molar-refractivity contribution >= 4 is 22.8 Å². The van der Waals surface area contributed by atoms with Gasteiger partial charge in [0, 0.05) is 30.1 Å². The van der Waals surface area contributed by atoms with Crippen molar-refractivity contribution in [2.75, 3.05) is 13.1 Å². The van der Waals surface area contributed by atoms with Crippen molar-refractivity contribution in [1.29, 1.82) is 0 Å². The van der Waals surface area contributed by atoms with Gasteiger partial charge in [0.1, 0.15) is 5.82 Å². The van der Waals surface area contributed by atoms with Gasteiger partial charge in [-0.3, -0.25) is 14.4 Å². The summed E-state index contributed by atoms with van der Waals surface area (Å²) in [5.41, 5.74) is -0.0137. The number of amides is 1. The zero-order valence-corrected chi connectivity index (χ0v) is 12.4. The normalized spacial score (nSPS) is 20.9. The van der Waals surface area contributed by atoms with Crippen molar-refractivity contribution in [2.24, 2.45) is 11.8 Å². The summed E-state index contributed by atoms with van der Waals surface area (Å²) in [5.74, 6) is -2.74. The number of carboxylic acid groups (broad SMARTS) is 1. The summed E-state index contributed by atoms with van der Waals surface area (Å²) in [7, 11) is 0. The Hall–Kier alpha value is -2.70. The number of likely N-dealkylation sites (tertiary alicyclic amines) is 1. The van der Waals surface area contributed by atoms with Gasteiger partial charge in [-0.25, -0.2) is 4.39 Å². The number of nitrogens with zero attached hydrogens (tertiary/aromatic N) is 1. The van der Waals surface area contributed by atoms with Crippen molar-refractivity contribution in [3.8, 4) is 0 Å². The van der Waals surface area contributed by atoms with Gasteiger partial charge in [0.2, 0.25) is 5.56 Å². The molecule has 0 unspecified atom stereocenters. The lowest BCUT2D eigenvalue weighted by Gasteiger charge is -2.17. The molecule has 23 heavy (non-hydrogen) atoms. The highest BCUT2D eigenvalue weighted by Gasteiger charge is 2.37. The summed E-state index contributed by atoms with van der Waals surface area (Å²) in [4.78, 5) is 39.6. The fraction of sp³-hybridized carbons (Fsp3) is 0.312. The van der Waals surface area contributed by atoms with E-state index in [1.807, 2.05) is 0 Å². The number of halogens is 1. The number of H-pyrrole nitrogens is 1. The van der Waals surface area contributed by atoms with Crippen molar-refractivity contribution < 1.29 is 19.1 Å². The van der Waals surface area contributed by atoms with Crippen LogP contribution in [0.2, 0.25) is 0 Å². The number of carbonyl (C=O) groups excluding carboxylic acids is 1. The Balaban J connectivity index is 2.03. The van der Waals surface area contributed by atoms with E-state index in [0.717, 1.165) is 6.07 Å². The van der Waals surface area contributed by atoms with Crippen molar-refractivity contribution in [3.05, 3.63) is 46.0 Å². The first-order chi connectivity index (χ1) is 10.9. The molecule has 0 radical (unpaired) electrons. The Morgan fingerprint density at radius 3 is 2.70 bits per heavy atom. The number of hydrogen-bond donors (Lipinski definition) is 2. The van der Waals surface area contributed by atoms with E-state index < -0.39 is 29.2 Å². The third kappa shape index (κ3) is 2.69. The molecule has 1 amide bonds. The predicted octanol–water partition coefficient (Wildman–Crippen LogP) is 1.46. The van der Waals surface area contributed by atoms with E-state index in [2.05, 4.69) is 4.98 Å². The number of rotatable bonds is 2. The van der Waals surface area contributed by atoms with Crippen LogP contribution < -0.4 is 5.56 Å².